The second-order valence-electron chi connectivity index (χ2n) is 4.20. The maximum Gasteiger partial charge on any atom is 0.183 e. The van der Waals surface area contributed by atoms with E-state index in [1.54, 1.807) is 0 Å². The van der Waals surface area contributed by atoms with Crippen LogP contribution in [0.4, 0.5) is 0 Å². The number of likely N-dealkylation sites (N-methyl/N-ethyl adjacent to an activating group) is 1. The van der Waals surface area contributed by atoms with E-state index < -0.39 is 0 Å². The van der Waals surface area contributed by atoms with Crippen molar-refractivity contribution >= 4 is 31.9 Å². The number of piperidine rings is 1. The number of hydrogen-bond donors (Lipinski definition) is 1. The van der Waals surface area contributed by atoms with Gasteiger partial charge in [-0.2, -0.15) is 0 Å². The topological polar surface area (TPSA) is 28.4 Å². The van der Waals surface area contributed by atoms with E-state index in [1.807, 2.05) is 13.1 Å². The van der Waals surface area contributed by atoms with Gasteiger partial charge in [0, 0.05) is 12.6 Å². The molecule has 5 heteroatoms. The summed E-state index contributed by atoms with van der Waals surface area (Å²) >= 11 is 6.80. The van der Waals surface area contributed by atoms with Crippen LogP contribution in [0.3, 0.4) is 0 Å². The molecule has 0 spiro atoms. The van der Waals surface area contributed by atoms with Crippen LogP contribution in [0.25, 0.3) is 0 Å². The van der Waals surface area contributed by atoms with E-state index in [4.69, 9.17) is 4.42 Å². The van der Waals surface area contributed by atoms with Gasteiger partial charge in [-0.25, -0.2) is 0 Å². The molecule has 3 nitrogen and oxygen atoms in total. The van der Waals surface area contributed by atoms with Crippen molar-refractivity contribution in [1.29, 1.82) is 0 Å². The highest BCUT2D eigenvalue weighted by Crippen LogP contribution is 2.27. The summed E-state index contributed by atoms with van der Waals surface area (Å²) in [6, 6.07) is 2.66. The molecule has 0 amide bonds. The first-order chi connectivity index (χ1) is 7.69. The fraction of sp³-hybridized carbons (Fsp3) is 0.636. The van der Waals surface area contributed by atoms with Crippen LogP contribution in [-0.4, -0.2) is 31.1 Å². The van der Waals surface area contributed by atoms with E-state index in [9.17, 15) is 0 Å². The Labute approximate surface area is 113 Å². The average molecular weight is 352 g/mol. The van der Waals surface area contributed by atoms with Gasteiger partial charge in [0.1, 0.15) is 5.76 Å². The number of rotatable bonds is 3. The molecule has 1 saturated heterocycles. The molecule has 0 aliphatic carbocycles. The van der Waals surface area contributed by atoms with Crippen LogP contribution in [0.15, 0.2) is 19.6 Å². The molecule has 0 saturated carbocycles. The summed E-state index contributed by atoms with van der Waals surface area (Å²) < 4.78 is 7.37. The Balaban J connectivity index is 1.93. The Morgan fingerprint density at radius 1 is 1.56 bits per heavy atom. The van der Waals surface area contributed by atoms with Crippen LogP contribution in [0.5, 0.6) is 0 Å². The molecular formula is C11H16Br2N2O. The van der Waals surface area contributed by atoms with Gasteiger partial charge in [-0.15, -0.1) is 0 Å². The van der Waals surface area contributed by atoms with E-state index in [1.165, 1.54) is 12.8 Å². The van der Waals surface area contributed by atoms with Crippen LogP contribution < -0.4 is 5.32 Å². The molecule has 1 aromatic heterocycles. The SMILES string of the molecule is CNC1CCCN(Cc2cc(Br)c(Br)o2)C1. The second kappa shape index (κ2) is 5.67. The van der Waals surface area contributed by atoms with Gasteiger partial charge in [-0.05, 0) is 64.4 Å². The van der Waals surface area contributed by atoms with Crippen molar-refractivity contribution in [2.75, 3.05) is 20.1 Å². The van der Waals surface area contributed by atoms with E-state index in [-0.39, 0.29) is 0 Å². The highest BCUT2D eigenvalue weighted by Gasteiger charge is 2.19. The van der Waals surface area contributed by atoms with Crippen molar-refractivity contribution in [2.45, 2.75) is 25.4 Å². The third-order valence-electron chi connectivity index (χ3n) is 2.99. The maximum atomic E-state index is 5.59. The normalized spacial score (nSPS) is 22.6. The van der Waals surface area contributed by atoms with Gasteiger partial charge in [0.15, 0.2) is 4.67 Å². The highest BCUT2D eigenvalue weighted by atomic mass is 79.9. The van der Waals surface area contributed by atoms with Gasteiger partial charge in [0.25, 0.3) is 0 Å². The summed E-state index contributed by atoms with van der Waals surface area (Å²) in [5, 5.41) is 3.35. The Morgan fingerprint density at radius 3 is 3.00 bits per heavy atom. The molecular weight excluding hydrogens is 336 g/mol. The Morgan fingerprint density at radius 2 is 2.38 bits per heavy atom. The molecule has 0 aromatic carbocycles. The largest absolute Gasteiger partial charge is 0.452 e. The number of hydrogen-bond acceptors (Lipinski definition) is 3. The number of likely N-dealkylation sites (tertiary alicyclic amines) is 1. The van der Waals surface area contributed by atoms with Gasteiger partial charge in [0.05, 0.1) is 11.0 Å². The molecule has 1 unspecified atom stereocenters. The van der Waals surface area contributed by atoms with Gasteiger partial charge in [-0.3, -0.25) is 4.90 Å². The molecule has 1 N–H and O–H groups in total. The van der Waals surface area contributed by atoms with Crippen molar-refractivity contribution in [3.8, 4) is 0 Å². The minimum atomic E-state index is 0.621. The highest BCUT2D eigenvalue weighted by molar-refractivity contribution is 9.13. The van der Waals surface area contributed by atoms with E-state index in [2.05, 4.69) is 42.1 Å². The smallest absolute Gasteiger partial charge is 0.183 e. The molecule has 1 aliphatic heterocycles. The summed E-state index contributed by atoms with van der Waals surface area (Å²) in [5.41, 5.74) is 0. The lowest BCUT2D eigenvalue weighted by Gasteiger charge is -2.31. The van der Waals surface area contributed by atoms with Crippen LogP contribution in [0.2, 0.25) is 0 Å². The van der Waals surface area contributed by atoms with Gasteiger partial charge in [0.2, 0.25) is 0 Å². The van der Waals surface area contributed by atoms with E-state index >= 15 is 0 Å². The number of furan rings is 1. The van der Waals surface area contributed by atoms with Crippen molar-refractivity contribution in [1.82, 2.24) is 10.2 Å². The molecule has 2 heterocycles. The summed E-state index contributed by atoms with van der Waals surface area (Å²) in [6.45, 7) is 3.16. The zero-order valence-corrected chi connectivity index (χ0v) is 12.5. The molecule has 2 rings (SSSR count). The minimum absolute atomic E-state index is 0.621. The van der Waals surface area contributed by atoms with Crippen LogP contribution in [0.1, 0.15) is 18.6 Å². The lowest BCUT2D eigenvalue weighted by molar-refractivity contribution is 0.175. The van der Waals surface area contributed by atoms with Crippen LogP contribution >= 0.6 is 31.9 Å². The Kier molecular flexibility index (Phi) is 4.47. The lowest BCUT2D eigenvalue weighted by Crippen LogP contribution is -2.43. The van der Waals surface area contributed by atoms with E-state index in [0.717, 1.165) is 34.5 Å². The van der Waals surface area contributed by atoms with Crippen LogP contribution in [-0.2, 0) is 6.54 Å². The summed E-state index contributed by atoms with van der Waals surface area (Å²) in [4.78, 5) is 2.43. The molecule has 16 heavy (non-hydrogen) atoms. The Hall–Kier alpha value is 0.160. The van der Waals surface area contributed by atoms with Crippen LogP contribution in [0, 0.1) is 0 Å². The molecule has 90 valence electrons. The average Bonchev–Trinajstić information content (AvgIpc) is 2.58. The van der Waals surface area contributed by atoms with Gasteiger partial charge in [-0.1, -0.05) is 0 Å². The van der Waals surface area contributed by atoms with E-state index in [0.29, 0.717) is 6.04 Å². The van der Waals surface area contributed by atoms with Gasteiger partial charge < -0.3 is 9.73 Å². The van der Waals surface area contributed by atoms with Crippen molar-refractivity contribution in [3.63, 3.8) is 0 Å². The fourth-order valence-corrected chi connectivity index (χ4v) is 2.78. The Bertz CT molecular complexity index is 334. The van der Waals surface area contributed by atoms with Crippen molar-refractivity contribution in [2.24, 2.45) is 0 Å². The number of halogens is 2. The van der Waals surface area contributed by atoms with Gasteiger partial charge >= 0.3 is 0 Å². The third kappa shape index (κ3) is 3.09. The van der Waals surface area contributed by atoms with Crippen molar-refractivity contribution < 1.29 is 4.42 Å². The summed E-state index contributed by atoms with van der Waals surface area (Å²) in [5.74, 6) is 1.01. The maximum absolute atomic E-state index is 5.59. The first kappa shape index (κ1) is 12.6. The number of nitrogens with zero attached hydrogens (tertiary/aromatic N) is 1. The first-order valence-corrected chi connectivity index (χ1v) is 7.11. The van der Waals surface area contributed by atoms with Crippen molar-refractivity contribution in [3.05, 3.63) is 21.0 Å². The number of nitrogens with one attached hydrogen (secondary N) is 1. The monoisotopic (exact) mass is 350 g/mol. The third-order valence-corrected chi connectivity index (χ3v) is 4.70. The lowest BCUT2D eigenvalue weighted by atomic mass is 10.1. The summed E-state index contributed by atoms with van der Waals surface area (Å²) in [6.07, 6.45) is 2.53. The quantitative estimate of drug-likeness (QED) is 0.907. The summed E-state index contributed by atoms with van der Waals surface area (Å²) in [7, 11) is 2.04. The minimum Gasteiger partial charge on any atom is -0.452 e. The zero-order chi connectivity index (χ0) is 11.5. The standard InChI is InChI=1S/C11H16Br2N2O/c1-14-8-3-2-4-15(6-8)7-9-5-10(12)11(13)16-9/h5,8,14H,2-4,6-7H2,1H3. The molecule has 1 aliphatic rings. The first-order valence-electron chi connectivity index (χ1n) is 5.52. The molecule has 0 radical (unpaired) electrons. The molecule has 1 atom stereocenters. The molecule has 1 fully saturated rings. The molecule has 1 aromatic rings. The fourth-order valence-electron chi connectivity index (χ4n) is 2.12. The zero-order valence-electron chi connectivity index (χ0n) is 9.30. The molecule has 0 bridgehead atoms. The predicted molar refractivity (Wildman–Crippen MR) is 71.5 cm³/mol. The predicted octanol–water partition coefficient (Wildman–Crippen LogP) is 2.99. The second-order valence-corrected chi connectivity index (χ2v) is 5.77.